The number of hydrogen-bond acceptors (Lipinski definition) is 3. The number of benzene rings is 1. The van der Waals surface area contributed by atoms with Crippen molar-refractivity contribution in [1.29, 1.82) is 0 Å². The van der Waals surface area contributed by atoms with Crippen LogP contribution < -0.4 is 0 Å². The van der Waals surface area contributed by atoms with Crippen molar-refractivity contribution in [1.82, 2.24) is 9.99 Å². The van der Waals surface area contributed by atoms with Crippen LogP contribution in [0.15, 0.2) is 29.4 Å². The Morgan fingerprint density at radius 1 is 1.32 bits per heavy atom. The minimum Gasteiger partial charge on any atom is -0.350 e. The summed E-state index contributed by atoms with van der Waals surface area (Å²) >= 11 is 0. The van der Waals surface area contributed by atoms with Crippen LogP contribution in [-0.4, -0.2) is 27.5 Å². The normalized spacial score (nSPS) is 15.2. The van der Waals surface area contributed by atoms with Crippen LogP contribution in [0.5, 0.6) is 0 Å². The first-order chi connectivity index (χ1) is 9.04. The zero-order chi connectivity index (χ0) is 13.6. The Balaban J connectivity index is 2.00. The summed E-state index contributed by atoms with van der Waals surface area (Å²) in [6.45, 7) is 3.73. The van der Waals surface area contributed by atoms with Crippen LogP contribution in [0.25, 0.3) is 10.9 Å². The van der Waals surface area contributed by atoms with Crippen molar-refractivity contribution in [2.75, 3.05) is 0 Å². The van der Waals surface area contributed by atoms with E-state index in [1.165, 1.54) is 0 Å². The maximum atomic E-state index is 12.2. The molecule has 5 heteroatoms. The van der Waals surface area contributed by atoms with Crippen LogP contribution in [0.3, 0.4) is 0 Å². The van der Waals surface area contributed by atoms with Crippen molar-refractivity contribution in [3.63, 3.8) is 0 Å². The third-order valence-electron chi connectivity index (χ3n) is 3.11. The zero-order valence-electron chi connectivity index (χ0n) is 10.7. The standard InChI is InChI=1S/C14H13N3O2/c1-8-3-4-11-10(5-8)7-12(15-11)14(19)17-13(18)6-9(2)16-17/h3-5,7,15H,6H2,1-2H3. The lowest BCUT2D eigenvalue weighted by molar-refractivity contribution is -0.126. The van der Waals surface area contributed by atoms with E-state index in [4.69, 9.17) is 0 Å². The van der Waals surface area contributed by atoms with Gasteiger partial charge in [0, 0.05) is 16.6 Å². The van der Waals surface area contributed by atoms with Crippen LogP contribution in [-0.2, 0) is 4.79 Å². The fraction of sp³-hybridized carbons (Fsp3) is 0.214. The molecule has 0 saturated heterocycles. The van der Waals surface area contributed by atoms with Gasteiger partial charge in [0.2, 0.25) is 0 Å². The molecule has 1 aliphatic rings. The van der Waals surface area contributed by atoms with Crippen LogP contribution in [0.2, 0.25) is 0 Å². The molecule has 1 N–H and O–H groups in total. The average molecular weight is 255 g/mol. The summed E-state index contributed by atoms with van der Waals surface area (Å²) < 4.78 is 0. The predicted octanol–water partition coefficient (Wildman–Crippen LogP) is 2.22. The predicted molar refractivity (Wildman–Crippen MR) is 71.9 cm³/mol. The van der Waals surface area contributed by atoms with Gasteiger partial charge in [0.25, 0.3) is 11.8 Å². The Morgan fingerprint density at radius 3 is 2.79 bits per heavy atom. The molecule has 0 spiro atoms. The van der Waals surface area contributed by atoms with Crippen molar-refractivity contribution in [3.8, 4) is 0 Å². The number of carbonyl (C=O) groups excluding carboxylic acids is 2. The molecule has 96 valence electrons. The lowest BCUT2D eigenvalue weighted by Gasteiger charge is -2.07. The first-order valence-corrected chi connectivity index (χ1v) is 6.05. The average Bonchev–Trinajstić information content (AvgIpc) is 2.91. The number of rotatable bonds is 1. The van der Waals surface area contributed by atoms with Gasteiger partial charge in [-0.1, -0.05) is 11.6 Å². The lowest BCUT2D eigenvalue weighted by Crippen LogP contribution is -2.28. The van der Waals surface area contributed by atoms with Gasteiger partial charge in [-0.3, -0.25) is 9.59 Å². The molecule has 2 amide bonds. The number of carbonyl (C=O) groups is 2. The van der Waals surface area contributed by atoms with E-state index < -0.39 is 5.91 Å². The van der Waals surface area contributed by atoms with E-state index in [1.54, 1.807) is 13.0 Å². The van der Waals surface area contributed by atoms with E-state index >= 15 is 0 Å². The van der Waals surface area contributed by atoms with Gasteiger partial charge in [0.1, 0.15) is 5.69 Å². The van der Waals surface area contributed by atoms with E-state index in [0.29, 0.717) is 11.4 Å². The van der Waals surface area contributed by atoms with E-state index in [2.05, 4.69) is 10.1 Å². The Morgan fingerprint density at radius 2 is 2.11 bits per heavy atom. The molecule has 1 aliphatic heterocycles. The molecule has 2 heterocycles. The molecule has 0 bridgehead atoms. The van der Waals surface area contributed by atoms with Crippen molar-refractivity contribution in [3.05, 3.63) is 35.5 Å². The van der Waals surface area contributed by atoms with Gasteiger partial charge < -0.3 is 4.98 Å². The Hall–Kier alpha value is -2.43. The molecule has 3 rings (SSSR count). The van der Waals surface area contributed by atoms with Gasteiger partial charge in [0.15, 0.2) is 0 Å². The van der Waals surface area contributed by atoms with Crippen LogP contribution in [0.1, 0.15) is 29.4 Å². The zero-order valence-corrected chi connectivity index (χ0v) is 10.7. The molecular formula is C14H13N3O2. The highest BCUT2D eigenvalue weighted by Crippen LogP contribution is 2.19. The minimum absolute atomic E-state index is 0.213. The fourth-order valence-electron chi connectivity index (χ4n) is 2.20. The van der Waals surface area contributed by atoms with E-state index in [-0.39, 0.29) is 12.3 Å². The maximum absolute atomic E-state index is 12.2. The van der Waals surface area contributed by atoms with Gasteiger partial charge in [-0.25, -0.2) is 0 Å². The first kappa shape index (κ1) is 11.6. The van der Waals surface area contributed by atoms with Crippen LogP contribution >= 0.6 is 0 Å². The molecule has 0 fully saturated rings. The second-order valence-corrected chi connectivity index (χ2v) is 4.80. The number of hydrazone groups is 1. The van der Waals surface area contributed by atoms with E-state index in [9.17, 15) is 9.59 Å². The third kappa shape index (κ3) is 1.93. The molecule has 0 radical (unpaired) electrons. The molecule has 0 aliphatic carbocycles. The molecule has 1 aromatic heterocycles. The van der Waals surface area contributed by atoms with Crippen LogP contribution in [0, 0.1) is 6.92 Å². The van der Waals surface area contributed by atoms with E-state index in [1.807, 2.05) is 25.1 Å². The Kier molecular flexibility index (Phi) is 2.48. The minimum atomic E-state index is -0.407. The Bertz CT molecular complexity index is 727. The number of aromatic nitrogens is 1. The molecule has 0 saturated carbocycles. The number of fused-ring (bicyclic) bond motifs is 1. The number of aromatic amines is 1. The molecule has 5 nitrogen and oxygen atoms in total. The Labute approximate surface area is 109 Å². The highest BCUT2D eigenvalue weighted by molar-refractivity contribution is 6.14. The summed E-state index contributed by atoms with van der Waals surface area (Å²) in [7, 11) is 0. The highest BCUT2D eigenvalue weighted by atomic mass is 16.2. The molecule has 0 atom stereocenters. The van der Waals surface area contributed by atoms with Gasteiger partial charge in [-0.15, -0.1) is 0 Å². The van der Waals surface area contributed by atoms with Gasteiger partial charge >= 0.3 is 0 Å². The number of hydrogen-bond donors (Lipinski definition) is 1. The number of imide groups is 1. The number of amides is 2. The van der Waals surface area contributed by atoms with Crippen LogP contribution in [0.4, 0.5) is 0 Å². The fourth-order valence-corrected chi connectivity index (χ4v) is 2.20. The molecular weight excluding hydrogens is 242 g/mol. The quantitative estimate of drug-likeness (QED) is 0.794. The number of aryl methyl sites for hydroxylation is 1. The third-order valence-corrected chi connectivity index (χ3v) is 3.11. The topological polar surface area (TPSA) is 65.5 Å². The highest BCUT2D eigenvalue weighted by Gasteiger charge is 2.29. The van der Waals surface area contributed by atoms with Crippen molar-refractivity contribution >= 4 is 28.4 Å². The van der Waals surface area contributed by atoms with Crippen molar-refractivity contribution < 1.29 is 9.59 Å². The number of H-pyrrole nitrogens is 1. The molecule has 2 aromatic rings. The molecule has 1 aromatic carbocycles. The maximum Gasteiger partial charge on any atom is 0.297 e. The lowest BCUT2D eigenvalue weighted by atomic mass is 10.2. The van der Waals surface area contributed by atoms with Crippen molar-refractivity contribution in [2.24, 2.45) is 5.10 Å². The summed E-state index contributed by atoms with van der Waals surface area (Å²) in [5, 5.41) is 5.86. The SMILES string of the molecule is CC1=NN(C(=O)c2cc3cc(C)ccc3[nH]2)C(=O)C1. The smallest absolute Gasteiger partial charge is 0.297 e. The largest absolute Gasteiger partial charge is 0.350 e. The second kappa shape index (κ2) is 4.05. The monoisotopic (exact) mass is 255 g/mol. The van der Waals surface area contributed by atoms with Gasteiger partial charge in [0.05, 0.1) is 6.42 Å². The summed E-state index contributed by atoms with van der Waals surface area (Å²) in [5.74, 6) is -0.687. The summed E-state index contributed by atoms with van der Waals surface area (Å²) in [5.41, 5.74) is 3.04. The van der Waals surface area contributed by atoms with Gasteiger partial charge in [-0.2, -0.15) is 10.1 Å². The molecule has 0 unspecified atom stereocenters. The summed E-state index contributed by atoms with van der Waals surface area (Å²) in [4.78, 5) is 26.9. The van der Waals surface area contributed by atoms with Crippen molar-refractivity contribution in [2.45, 2.75) is 20.3 Å². The van der Waals surface area contributed by atoms with Gasteiger partial charge in [-0.05, 0) is 32.0 Å². The second-order valence-electron chi connectivity index (χ2n) is 4.80. The van der Waals surface area contributed by atoms with E-state index in [0.717, 1.165) is 21.5 Å². The number of nitrogens with one attached hydrogen (secondary N) is 1. The molecule has 19 heavy (non-hydrogen) atoms. The summed E-state index contributed by atoms with van der Waals surface area (Å²) in [6.07, 6.45) is 0.213. The first-order valence-electron chi connectivity index (χ1n) is 6.05. The summed E-state index contributed by atoms with van der Waals surface area (Å²) in [6, 6.07) is 7.63. The number of nitrogens with zero attached hydrogens (tertiary/aromatic N) is 2.